The maximum atomic E-state index is 10.5. The fourth-order valence-electron chi connectivity index (χ4n) is 2.64. The fraction of sp³-hybridized carbons (Fsp3) is 0.600. The summed E-state index contributed by atoms with van der Waals surface area (Å²) in [5.41, 5.74) is 0.578. The third-order valence-corrected chi connectivity index (χ3v) is 4.13. The van der Waals surface area contributed by atoms with Crippen LogP contribution in [0.3, 0.4) is 0 Å². The molecule has 1 aliphatic rings. The van der Waals surface area contributed by atoms with Gasteiger partial charge in [0.15, 0.2) is 0 Å². The molecule has 1 aromatic rings. The van der Waals surface area contributed by atoms with E-state index >= 15 is 0 Å². The average Bonchev–Trinajstić information content (AvgIpc) is 2.57. The van der Waals surface area contributed by atoms with Crippen molar-refractivity contribution in [2.24, 2.45) is 0 Å². The molecule has 0 spiro atoms. The van der Waals surface area contributed by atoms with E-state index in [9.17, 15) is 5.11 Å². The lowest BCUT2D eigenvalue weighted by atomic mass is 9.94. The van der Waals surface area contributed by atoms with Crippen LogP contribution in [0.15, 0.2) is 24.3 Å². The second kappa shape index (κ2) is 6.55. The van der Waals surface area contributed by atoms with Crippen LogP contribution in [0, 0.1) is 0 Å². The summed E-state index contributed by atoms with van der Waals surface area (Å²) in [7, 11) is 0. The van der Waals surface area contributed by atoms with E-state index in [1.807, 2.05) is 24.3 Å². The van der Waals surface area contributed by atoms with Gasteiger partial charge in [-0.05, 0) is 24.5 Å². The summed E-state index contributed by atoms with van der Waals surface area (Å²) >= 11 is 6.10. The highest BCUT2D eigenvalue weighted by molar-refractivity contribution is 6.31. The Kier molecular flexibility index (Phi) is 5.04. The lowest BCUT2D eigenvalue weighted by molar-refractivity contribution is 0.0250. The van der Waals surface area contributed by atoms with Gasteiger partial charge in [0.05, 0.1) is 5.60 Å². The van der Waals surface area contributed by atoms with Crippen LogP contribution in [0.5, 0.6) is 0 Å². The van der Waals surface area contributed by atoms with Crippen LogP contribution >= 0.6 is 11.6 Å². The van der Waals surface area contributed by atoms with Crippen LogP contribution in [-0.4, -0.2) is 17.3 Å². The Morgan fingerprint density at radius 3 is 2.44 bits per heavy atom. The molecule has 2 N–H and O–H groups in total. The quantitative estimate of drug-likeness (QED) is 0.819. The number of rotatable bonds is 4. The third kappa shape index (κ3) is 3.98. The number of hydrogen-bond donors (Lipinski definition) is 2. The molecule has 0 atom stereocenters. The first-order chi connectivity index (χ1) is 8.70. The molecule has 1 aliphatic carbocycles. The van der Waals surface area contributed by atoms with Crippen molar-refractivity contribution in [3.8, 4) is 0 Å². The predicted molar refractivity (Wildman–Crippen MR) is 75.8 cm³/mol. The molecular formula is C15H22ClNO. The molecule has 0 radical (unpaired) electrons. The minimum atomic E-state index is -0.516. The van der Waals surface area contributed by atoms with E-state index in [2.05, 4.69) is 5.32 Å². The van der Waals surface area contributed by atoms with Gasteiger partial charge in [0.2, 0.25) is 0 Å². The van der Waals surface area contributed by atoms with E-state index < -0.39 is 5.60 Å². The highest BCUT2D eigenvalue weighted by atomic mass is 35.5. The molecule has 100 valence electrons. The molecule has 0 bridgehead atoms. The minimum Gasteiger partial charge on any atom is -0.389 e. The summed E-state index contributed by atoms with van der Waals surface area (Å²) in [6, 6.07) is 7.85. The summed E-state index contributed by atoms with van der Waals surface area (Å²) in [5, 5.41) is 14.6. The number of halogens is 1. The molecule has 1 aromatic carbocycles. The van der Waals surface area contributed by atoms with E-state index in [1.54, 1.807) is 0 Å². The molecule has 1 fully saturated rings. The molecule has 18 heavy (non-hydrogen) atoms. The monoisotopic (exact) mass is 267 g/mol. The summed E-state index contributed by atoms with van der Waals surface area (Å²) in [6.45, 7) is 1.39. The molecule has 0 amide bonds. The summed E-state index contributed by atoms with van der Waals surface area (Å²) in [6.07, 6.45) is 6.64. The van der Waals surface area contributed by atoms with Gasteiger partial charge in [0.25, 0.3) is 0 Å². The smallest absolute Gasteiger partial charge is 0.0771 e. The number of hydrogen-bond acceptors (Lipinski definition) is 2. The van der Waals surface area contributed by atoms with Crippen molar-refractivity contribution >= 4 is 11.6 Å². The van der Waals surface area contributed by atoms with Gasteiger partial charge in [-0.25, -0.2) is 0 Å². The van der Waals surface area contributed by atoms with Crippen molar-refractivity contribution in [3.05, 3.63) is 34.9 Å². The minimum absolute atomic E-state index is 0.516. The van der Waals surface area contributed by atoms with Crippen LogP contribution in [0.4, 0.5) is 0 Å². The Morgan fingerprint density at radius 2 is 1.78 bits per heavy atom. The van der Waals surface area contributed by atoms with E-state index in [-0.39, 0.29) is 0 Å². The normalized spacial score (nSPS) is 19.4. The summed E-state index contributed by atoms with van der Waals surface area (Å²) in [4.78, 5) is 0. The van der Waals surface area contributed by atoms with Crippen molar-refractivity contribution in [3.63, 3.8) is 0 Å². The van der Waals surface area contributed by atoms with Gasteiger partial charge >= 0.3 is 0 Å². The Bertz CT molecular complexity index is 373. The molecule has 0 saturated heterocycles. The fourth-order valence-corrected chi connectivity index (χ4v) is 2.84. The van der Waals surface area contributed by atoms with Crippen molar-refractivity contribution in [2.45, 2.75) is 50.7 Å². The Hall–Kier alpha value is -0.570. The van der Waals surface area contributed by atoms with Gasteiger partial charge < -0.3 is 10.4 Å². The van der Waals surface area contributed by atoms with Gasteiger partial charge in [-0.3, -0.25) is 0 Å². The summed E-state index contributed by atoms with van der Waals surface area (Å²) in [5.74, 6) is 0. The zero-order valence-corrected chi connectivity index (χ0v) is 11.5. The van der Waals surface area contributed by atoms with Crippen LogP contribution in [-0.2, 0) is 6.54 Å². The molecule has 0 unspecified atom stereocenters. The first kappa shape index (κ1) is 13.9. The molecule has 2 rings (SSSR count). The SMILES string of the molecule is OC1(CNCc2ccccc2Cl)CCCCCC1. The zero-order valence-electron chi connectivity index (χ0n) is 10.8. The third-order valence-electron chi connectivity index (χ3n) is 3.76. The van der Waals surface area contributed by atoms with E-state index in [4.69, 9.17) is 11.6 Å². The molecule has 3 heteroatoms. The van der Waals surface area contributed by atoms with Crippen LogP contribution in [0.2, 0.25) is 5.02 Å². The van der Waals surface area contributed by atoms with E-state index in [1.165, 1.54) is 12.8 Å². The van der Waals surface area contributed by atoms with Gasteiger partial charge in [0.1, 0.15) is 0 Å². The van der Waals surface area contributed by atoms with E-state index in [0.29, 0.717) is 6.54 Å². The lowest BCUT2D eigenvalue weighted by Gasteiger charge is -2.27. The maximum Gasteiger partial charge on any atom is 0.0771 e. The van der Waals surface area contributed by atoms with Gasteiger partial charge in [-0.15, -0.1) is 0 Å². The van der Waals surface area contributed by atoms with Crippen LogP contribution in [0.1, 0.15) is 44.1 Å². The topological polar surface area (TPSA) is 32.3 Å². The summed E-state index contributed by atoms with van der Waals surface area (Å²) < 4.78 is 0. The van der Waals surface area contributed by atoms with Crippen molar-refractivity contribution in [2.75, 3.05) is 6.54 Å². The van der Waals surface area contributed by atoms with Gasteiger partial charge in [-0.2, -0.15) is 0 Å². The molecule has 0 heterocycles. The average molecular weight is 268 g/mol. The van der Waals surface area contributed by atoms with Crippen molar-refractivity contribution < 1.29 is 5.11 Å². The molecule has 0 aliphatic heterocycles. The predicted octanol–water partition coefficient (Wildman–Crippen LogP) is 3.51. The maximum absolute atomic E-state index is 10.5. The highest BCUT2D eigenvalue weighted by Gasteiger charge is 2.27. The largest absolute Gasteiger partial charge is 0.389 e. The second-order valence-electron chi connectivity index (χ2n) is 5.33. The first-order valence-corrected chi connectivity index (χ1v) is 7.24. The second-order valence-corrected chi connectivity index (χ2v) is 5.74. The first-order valence-electron chi connectivity index (χ1n) is 6.86. The lowest BCUT2D eigenvalue weighted by Crippen LogP contribution is -2.39. The molecular weight excluding hydrogens is 246 g/mol. The molecule has 1 saturated carbocycles. The van der Waals surface area contributed by atoms with Crippen LogP contribution < -0.4 is 5.32 Å². The highest BCUT2D eigenvalue weighted by Crippen LogP contribution is 2.26. The standard InChI is InChI=1S/C15H22ClNO/c16-14-8-4-3-7-13(14)11-17-12-15(18)9-5-1-2-6-10-15/h3-4,7-8,17-18H,1-2,5-6,9-12H2. The van der Waals surface area contributed by atoms with Gasteiger partial charge in [-0.1, -0.05) is 55.5 Å². The number of benzene rings is 1. The van der Waals surface area contributed by atoms with Gasteiger partial charge in [0, 0.05) is 18.1 Å². The molecule has 2 nitrogen and oxygen atoms in total. The molecule has 0 aromatic heterocycles. The Morgan fingerprint density at radius 1 is 1.11 bits per heavy atom. The Labute approximate surface area is 114 Å². The van der Waals surface area contributed by atoms with Crippen LogP contribution in [0.25, 0.3) is 0 Å². The number of aliphatic hydroxyl groups is 1. The Balaban J connectivity index is 1.82. The van der Waals surface area contributed by atoms with Crippen molar-refractivity contribution in [1.29, 1.82) is 0 Å². The van der Waals surface area contributed by atoms with Crippen molar-refractivity contribution in [1.82, 2.24) is 5.32 Å². The number of nitrogens with one attached hydrogen (secondary N) is 1. The van der Waals surface area contributed by atoms with E-state index in [0.717, 1.165) is 42.8 Å². The zero-order chi connectivity index (χ0) is 12.8.